The van der Waals surface area contributed by atoms with Gasteiger partial charge in [0.15, 0.2) is 11.6 Å². The van der Waals surface area contributed by atoms with Crippen molar-refractivity contribution in [3.8, 4) is 17.3 Å². The van der Waals surface area contributed by atoms with Gasteiger partial charge in [0.05, 0.1) is 6.04 Å². The fraction of sp³-hybridized carbons (Fsp3) is 0.350. The summed E-state index contributed by atoms with van der Waals surface area (Å²) in [5, 5.41) is 9.26. The highest BCUT2D eigenvalue weighted by Crippen LogP contribution is 2.43. The summed E-state index contributed by atoms with van der Waals surface area (Å²) < 4.78 is 14.0. The smallest absolute Gasteiger partial charge is 0.176 e. The van der Waals surface area contributed by atoms with E-state index in [1.807, 2.05) is 18.3 Å². The van der Waals surface area contributed by atoms with Crippen molar-refractivity contribution in [2.45, 2.75) is 45.4 Å². The number of hydrogen-bond donors (Lipinski definition) is 1. The Labute approximate surface area is 146 Å². The zero-order chi connectivity index (χ0) is 17.6. The molecule has 0 fully saturated rings. The quantitative estimate of drug-likeness (QED) is 0.781. The maximum absolute atomic E-state index is 9.26. The van der Waals surface area contributed by atoms with Gasteiger partial charge in [0.1, 0.15) is 23.7 Å². The summed E-state index contributed by atoms with van der Waals surface area (Å²) in [7, 11) is 0. The van der Waals surface area contributed by atoms with Gasteiger partial charge in [-0.3, -0.25) is 0 Å². The molecule has 0 bridgehead atoms. The van der Waals surface area contributed by atoms with Gasteiger partial charge in [-0.1, -0.05) is 17.7 Å². The molecule has 0 spiro atoms. The second-order valence-corrected chi connectivity index (χ2v) is 7.21. The Kier molecular flexibility index (Phi) is 3.69. The van der Waals surface area contributed by atoms with Crippen LogP contribution in [0.25, 0.3) is 11.6 Å². The molecule has 1 aliphatic heterocycles. The van der Waals surface area contributed by atoms with Crippen molar-refractivity contribution in [3.05, 3.63) is 59.6 Å². The van der Waals surface area contributed by atoms with E-state index in [1.54, 1.807) is 12.3 Å². The van der Waals surface area contributed by atoms with Crippen molar-refractivity contribution in [3.63, 3.8) is 0 Å². The molecular weight excluding hydrogens is 316 g/mol. The minimum Gasteiger partial charge on any atom is -0.487 e. The van der Waals surface area contributed by atoms with Gasteiger partial charge < -0.3 is 18.8 Å². The summed E-state index contributed by atoms with van der Waals surface area (Å²) in [6.45, 7) is 6.19. The number of furan rings is 1. The van der Waals surface area contributed by atoms with E-state index in [2.05, 4.69) is 42.5 Å². The first kappa shape index (κ1) is 16.0. The van der Waals surface area contributed by atoms with Crippen LogP contribution in [0.2, 0.25) is 0 Å². The molecule has 1 atom stereocenters. The molecule has 5 nitrogen and oxygen atoms in total. The Hall–Kier alpha value is -2.53. The van der Waals surface area contributed by atoms with Crippen LogP contribution >= 0.6 is 0 Å². The number of aromatic nitrogens is 2. The van der Waals surface area contributed by atoms with Gasteiger partial charge in [-0.05, 0) is 39.0 Å². The van der Waals surface area contributed by atoms with E-state index in [-0.39, 0.29) is 18.2 Å². The van der Waals surface area contributed by atoms with Crippen molar-refractivity contribution in [1.29, 1.82) is 0 Å². The maximum atomic E-state index is 9.26. The van der Waals surface area contributed by atoms with Gasteiger partial charge in [0.25, 0.3) is 0 Å². The van der Waals surface area contributed by atoms with E-state index >= 15 is 0 Å². The van der Waals surface area contributed by atoms with Crippen LogP contribution in [0.5, 0.6) is 5.75 Å². The molecule has 1 unspecified atom stereocenters. The molecule has 1 aromatic carbocycles. The Morgan fingerprint density at radius 3 is 2.88 bits per heavy atom. The number of aryl methyl sites for hydroxylation is 1. The largest absolute Gasteiger partial charge is 0.487 e. The molecule has 4 rings (SSSR count). The van der Waals surface area contributed by atoms with Crippen LogP contribution in [0.15, 0.2) is 47.1 Å². The molecule has 3 aromatic rings. The molecule has 130 valence electrons. The molecule has 3 heterocycles. The van der Waals surface area contributed by atoms with Gasteiger partial charge in [-0.25, -0.2) is 4.98 Å². The molecule has 1 N–H and O–H groups in total. The fourth-order valence-corrected chi connectivity index (χ4v) is 3.52. The number of fused-ring (bicyclic) bond motifs is 1. The van der Waals surface area contributed by atoms with Crippen LogP contribution in [0.3, 0.4) is 0 Å². The van der Waals surface area contributed by atoms with Gasteiger partial charge in [-0.2, -0.15) is 0 Å². The number of benzene rings is 1. The van der Waals surface area contributed by atoms with E-state index in [0.717, 1.165) is 23.6 Å². The lowest BCUT2D eigenvalue weighted by atomic mass is 9.88. The first-order valence-corrected chi connectivity index (χ1v) is 8.49. The normalized spacial score (nSPS) is 18.6. The average molecular weight is 338 g/mol. The van der Waals surface area contributed by atoms with Crippen molar-refractivity contribution in [1.82, 2.24) is 9.55 Å². The van der Waals surface area contributed by atoms with Crippen molar-refractivity contribution in [2.75, 3.05) is 0 Å². The predicted molar refractivity (Wildman–Crippen MR) is 94.5 cm³/mol. The molecule has 1 aliphatic rings. The van der Waals surface area contributed by atoms with E-state index in [1.165, 1.54) is 5.56 Å². The summed E-state index contributed by atoms with van der Waals surface area (Å²) in [5.74, 6) is 2.87. The zero-order valence-corrected chi connectivity index (χ0v) is 14.7. The monoisotopic (exact) mass is 338 g/mol. The molecule has 25 heavy (non-hydrogen) atoms. The number of aliphatic hydroxyl groups is 1. The average Bonchev–Trinajstić information content (AvgIpc) is 3.22. The summed E-state index contributed by atoms with van der Waals surface area (Å²) in [6, 6.07) is 10.0. The Morgan fingerprint density at radius 2 is 2.12 bits per heavy atom. The topological polar surface area (TPSA) is 60.4 Å². The molecule has 2 aromatic heterocycles. The van der Waals surface area contributed by atoms with Crippen LogP contribution in [0.4, 0.5) is 0 Å². The van der Waals surface area contributed by atoms with Gasteiger partial charge >= 0.3 is 0 Å². The minimum atomic E-state index is -0.270. The van der Waals surface area contributed by atoms with Gasteiger partial charge in [0.2, 0.25) is 0 Å². The number of ether oxygens (including phenoxy) is 1. The molecule has 0 aliphatic carbocycles. The molecule has 0 radical (unpaired) electrons. The highest BCUT2D eigenvalue weighted by atomic mass is 16.5. The summed E-state index contributed by atoms with van der Waals surface area (Å²) in [6.07, 6.45) is 4.60. The number of rotatable bonds is 3. The summed E-state index contributed by atoms with van der Waals surface area (Å²) in [5.41, 5.74) is 2.09. The maximum Gasteiger partial charge on any atom is 0.176 e. The standard InChI is InChI=1S/C20H22N2O3/c1-13-4-6-17-15(10-13)16(11-20(2,3)25-17)22-9-8-21-19(22)18-7-5-14(12-23)24-18/h4-10,16,23H,11-12H2,1-3H3. The third kappa shape index (κ3) is 2.85. The number of imidazole rings is 1. The Morgan fingerprint density at radius 1 is 1.28 bits per heavy atom. The minimum absolute atomic E-state index is 0.110. The Bertz CT molecular complexity index is 907. The Balaban J connectivity index is 1.83. The van der Waals surface area contributed by atoms with Crippen LogP contribution in [0, 0.1) is 6.92 Å². The number of aliphatic hydroxyl groups excluding tert-OH is 1. The molecule has 0 amide bonds. The molecule has 0 saturated heterocycles. The van der Waals surface area contributed by atoms with Gasteiger partial charge in [-0.15, -0.1) is 0 Å². The summed E-state index contributed by atoms with van der Waals surface area (Å²) in [4.78, 5) is 4.50. The fourth-order valence-electron chi connectivity index (χ4n) is 3.52. The third-order valence-corrected chi connectivity index (χ3v) is 4.64. The van der Waals surface area contributed by atoms with Crippen LogP contribution in [-0.4, -0.2) is 20.3 Å². The van der Waals surface area contributed by atoms with E-state index in [0.29, 0.717) is 11.5 Å². The second-order valence-electron chi connectivity index (χ2n) is 7.21. The van der Waals surface area contributed by atoms with E-state index < -0.39 is 0 Å². The summed E-state index contributed by atoms with van der Waals surface area (Å²) >= 11 is 0. The lowest BCUT2D eigenvalue weighted by Crippen LogP contribution is -2.37. The van der Waals surface area contributed by atoms with Crippen molar-refractivity contribution in [2.24, 2.45) is 0 Å². The highest BCUT2D eigenvalue weighted by molar-refractivity contribution is 5.50. The third-order valence-electron chi connectivity index (χ3n) is 4.64. The first-order chi connectivity index (χ1) is 12.0. The second kappa shape index (κ2) is 5.77. The van der Waals surface area contributed by atoms with E-state index in [9.17, 15) is 5.11 Å². The number of hydrogen-bond acceptors (Lipinski definition) is 4. The van der Waals surface area contributed by atoms with Gasteiger partial charge in [0, 0.05) is 24.4 Å². The molecule has 0 saturated carbocycles. The van der Waals surface area contributed by atoms with Crippen molar-refractivity contribution < 1.29 is 14.3 Å². The van der Waals surface area contributed by atoms with Crippen molar-refractivity contribution >= 4 is 0 Å². The zero-order valence-electron chi connectivity index (χ0n) is 14.7. The predicted octanol–water partition coefficient (Wildman–Crippen LogP) is 4.09. The highest BCUT2D eigenvalue weighted by Gasteiger charge is 2.35. The van der Waals surface area contributed by atoms with Crippen LogP contribution < -0.4 is 4.74 Å². The van der Waals surface area contributed by atoms with Crippen LogP contribution in [0.1, 0.15) is 43.2 Å². The molecular formula is C20H22N2O3. The molecule has 5 heteroatoms. The number of nitrogens with zero attached hydrogens (tertiary/aromatic N) is 2. The SMILES string of the molecule is Cc1ccc2c(c1)C(n1ccnc1-c1ccc(CO)o1)CC(C)(C)O2. The van der Waals surface area contributed by atoms with Crippen LogP contribution in [-0.2, 0) is 6.61 Å². The first-order valence-electron chi connectivity index (χ1n) is 8.49. The van der Waals surface area contributed by atoms with E-state index in [4.69, 9.17) is 9.15 Å². The lowest BCUT2D eigenvalue weighted by molar-refractivity contribution is 0.0672. The lowest BCUT2D eigenvalue weighted by Gasteiger charge is -2.38.